The van der Waals surface area contributed by atoms with E-state index in [-0.39, 0.29) is 36.5 Å². The molecule has 0 bridgehead atoms. The van der Waals surface area contributed by atoms with Crippen LogP contribution in [0.25, 0.3) is 22.2 Å². The number of hydrogen-bond donors (Lipinski definition) is 2. The third kappa shape index (κ3) is 5.61. The Hall–Kier alpha value is -3.61. The second kappa shape index (κ2) is 10.3. The molecule has 1 saturated heterocycles. The van der Waals surface area contributed by atoms with Gasteiger partial charge >= 0.3 is 5.97 Å². The van der Waals surface area contributed by atoms with Gasteiger partial charge in [0.2, 0.25) is 11.8 Å². The summed E-state index contributed by atoms with van der Waals surface area (Å²) >= 11 is 0. The molecule has 7 heteroatoms. The van der Waals surface area contributed by atoms with E-state index in [9.17, 15) is 14.4 Å². The highest BCUT2D eigenvalue weighted by molar-refractivity contribution is 5.94. The highest BCUT2D eigenvalue weighted by Gasteiger charge is 2.28. The normalized spacial score (nSPS) is 15.9. The molecule has 3 aromatic rings. The highest BCUT2D eigenvalue weighted by atomic mass is 16.5. The van der Waals surface area contributed by atoms with Gasteiger partial charge in [-0.25, -0.2) is 0 Å². The molecule has 1 aromatic heterocycles. The molecule has 172 valence electrons. The monoisotopic (exact) mass is 447 g/mol. The SMILES string of the molecule is COC(=O)CCCC(=O)N1CCC[C@H](C(=O)Nc2cccc(-c3cc4ccccc4[nH]3)c2)C1. The first-order valence-electron chi connectivity index (χ1n) is 11.4. The quantitative estimate of drug-likeness (QED) is 0.527. The Morgan fingerprint density at radius 3 is 2.76 bits per heavy atom. The number of piperidine rings is 1. The van der Waals surface area contributed by atoms with Crippen LogP contribution in [0.5, 0.6) is 0 Å². The fourth-order valence-electron chi connectivity index (χ4n) is 4.30. The predicted molar refractivity (Wildman–Crippen MR) is 128 cm³/mol. The number of esters is 1. The van der Waals surface area contributed by atoms with Crippen LogP contribution in [0.15, 0.2) is 54.6 Å². The maximum absolute atomic E-state index is 12.9. The van der Waals surface area contributed by atoms with Crippen LogP contribution in [0.2, 0.25) is 0 Å². The number of para-hydroxylation sites is 1. The minimum Gasteiger partial charge on any atom is -0.469 e. The zero-order chi connectivity index (χ0) is 23.2. The third-order valence-corrected chi connectivity index (χ3v) is 6.12. The topological polar surface area (TPSA) is 91.5 Å². The zero-order valence-electron chi connectivity index (χ0n) is 18.8. The number of amides is 2. The Morgan fingerprint density at radius 2 is 1.94 bits per heavy atom. The van der Waals surface area contributed by atoms with Crippen molar-refractivity contribution in [3.05, 3.63) is 54.6 Å². The maximum Gasteiger partial charge on any atom is 0.305 e. The summed E-state index contributed by atoms with van der Waals surface area (Å²) in [6.45, 7) is 1.06. The number of benzene rings is 2. The molecule has 2 N–H and O–H groups in total. The van der Waals surface area contributed by atoms with Gasteiger partial charge in [-0.1, -0.05) is 30.3 Å². The molecule has 2 aromatic carbocycles. The number of hydrogen-bond acceptors (Lipinski definition) is 4. The lowest BCUT2D eigenvalue weighted by atomic mass is 9.96. The second-order valence-electron chi connectivity index (χ2n) is 8.45. The summed E-state index contributed by atoms with van der Waals surface area (Å²) in [5.74, 6) is -0.651. The van der Waals surface area contributed by atoms with Crippen LogP contribution in [0, 0.1) is 5.92 Å². The molecular formula is C26H29N3O4. The summed E-state index contributed by atoms with van der Waals surface area (Å²) in [6, 6.07) is 18.0. The third-order valence-electron chi connectivity index (χ3n) is 6.12. The average Bonchev–Trinajstić information content (AvgIpc) is 3.28. The lowest BCUT2D eigenvalue weighted by molar-refractivity contribution is -0.141. The molecule has 0 unspecified atom stereocenters. The molecule has 0 saturated carbocycles. The van der Waals surface area contributed by atoms with Gasteiger partial charge in [0.05, 0.1) is 13.0 Å². The molecule has 0 aliphatic carbocycles. The van der Waals surface area contributed by atoms with Crippen molar-refractivity contribution in [3.63, 3.8) is 0 Å². The molecule has 2 heterocycles. The number of methoxy groups -OCH3 is 1. The van der Waals surface area contributed by atoms with Gasteiger partial charge in [0.15, 0.2) is 0 Å². The van der Waals surface area contributed by atoms with E-state index in [1.54, 1.807) is 4.90 Å². The number of likely N-dealkylation sites (tertiary alicyclic amines) is 1. The Kier molecular flexibility index (Phi) is 7.07. The lowest BCUT2D eigenvalue weighted by Gasteiger charge is -2.32. The number of aromatic amines is 1. The van der Waals surface area contributed by atoms with Crippen LogP contribution in [0.3, 0.4) is 0 Å². The van der Waals surface area contributed by atoms with E-state index in [0.29, 0.717) is 19.5 Å². The number of carbonyl (C=O) groups is 3. The van der Waals surface area contributed by atoms with Crippen LogP contribution >= 0.6 is 0 Å². The Morgan fingerprint density at radius 1 is 1.09 bits per heavy atom. The van der Waals surface area contributed by atoms with E-state index in [1.807, 2.05) is 42.5 Å². The van der Waals surface area contributed by atoms with Crippen molar-refractivity contribution in [2.75, 3.05) is 25.5 Å². The molecule has 1 fully saturated rings. The summed E-state index contributed by atoms with van der Waals surface area (Å²) in [4.78, 5) is 41.9. The van der Waals surface area contributed by atoms with Crippen molar-refractivity contribution >= 4 is 34.4 Å². The molecule has 0 spiro atoms. The molecular weight excluding hydrogens is 418 g/mol. The number of nitrogens with one attached hydrogen (secondary N) is 2. The highest BCUT2D eigenvalue weighted by Crippen LogP contribution is 2.27. The van der Waals surface area contributed by atoms with E-state index in [4.69, 9.17) is 0 Å². The van der Waals surface area contributed by atoms with Crippen molar-refractivity contribution in [3.8, 4) is 11.3 Å². The molecule has 1 aliphatic heterocycles. The van der Waals surface area contributed by atoms with Gasteiger partial charge in [-0.2, -0.15) is 0 Å². The first kappa shape index (κ1) is 22.6. The lowest BCUT2D eigenvalue weighted by Crippen LogP contribution is -2.43. The van der Waals surface area contributed by atoms with Gasteiger partial charge in [0.25, 0.3) is 0 Å². The number of carbonyl (C=O) groups excluding carboxylic acids is 3. The molecule has 2 amide bonds. The van der Waals surface area contributed by atoms with E-state index in [0.717, 1.165) is 40.7 Å². The number of fused-ring (bicyclic) bond motifs is 1. The van der Waals surface area contributed by atoms with Crippen molar-refractivity contribution in [2.45, 2.75) is 32.1 Å². The van der Waals surface area contributed by atoms with Crippen molar-refractivity contribution in [2.24, 2.45) is 5.92 Å². The van der Waals surface area contributed by atoms with E-state index < -0.39 is 0 Å². The van der Waals surface area contributed by atoms with Crippen LogP contribution in [-0.4, -0.2) is 47.9 Å². The van der Waals surface area contributed by atoms with Crippen LogP contribution < -0.4 is 5.32 Å². The largest absolute Gasteiger partial charge is 0.469 e. The van der Waals surface area contributed by atoms with Crippen molar-refractivity contribution < 1.29 is 19.1 Å². The fraction of sp³-hybridized carbons (Fsp3) is 0.346. The Balaban J connectivity index is 1.36. The summed E-state index contributed by atoms with van der Waals surface area (Å²) in [6.07, 6.45) is 2.51. The minimum atomic E-state index is -0.312. The summed E-state index contributed by atoms with van der Waals surface area (Å²) < 4.78 is 4.62. The van der Waals surface area contributed by atoms with E-state index in [1.165, 1.54) is 7.11 Å². The number of nitrogens with zero attached hydrogens (tertiary/aromatic N) is 1. The Labute approximate surface area is 193 Å². The number of rotatable bonds is 7. The first-order valence-corrected chi connectivity index (χ1v) is 11.4. The van der Waals surface area contributed by atoms with E-state index >= 15 is 0 Å². The van der Waals surface area contributed by atoms with Crippen LogP contribution in [0.4, 0.5) is 5.69 Å². The smallest absolute Gasteiger partial charge is 0.305 e. The summed E-state index contributed by atoms with van der Waals surface area (Å²) in [7, 11) is 1.34. The number of aromatic nitrogens is 1. The Bertz CT molecular complexity index is 1120. The van der Waals surface area contributed by atoms with Gasteiger partial charge in [-0.15, -0.1) is 0 Å². The second-order valence-corrected chi connectivity index (χ2v) is 8.45. The minimum absolute atomic E-state index is 0.0165. The van der Waals surface area contributed by atoms with Gasteiger partial charge in [0.1, 0.15) is 0 Å². The number of ether oxygens (including phenoxy) is 1. The zero-order valence-corrected chi connectivity index (χ0v) is 18.8. The molecule has 1 atom stereocenters. The number of anilines is 1. The van der Waals surface area contributed by atoms with Crippen LogP contribution in [0.1, 0.15) is 32.1 Å². The molecule has 0 radical (unpaired) electrons. The van der Waals surface area contributed by atoms with Gasteiger partial charge < -0.3 is 19.9 Å². The molecule has 7 nitrogen and oxygen atoms in total. The van der Waals surface area contributed by atoms with Gasteiger partial charge in [-0.3, -0.25) is 14.4 Å². The molecule has 4 rings (SSSR count). The van der Waals surface area contributed by atoms with Crippen LogP contribution in [-0.2, 0) is 19.1 Å². The number of H-pyrrole nitrogens is 1. The first-order chi connectivity index (χ1) is 16.0. The standard InChI is InChI=1S/C26H29N3O4/c1-33-25(31)13-5-12-24(30)29-14-6-9-20(17-29)26(32)27-21-10-4-8-18(15-21)23-16-19-7-2-3-11-22(19)28-23/h2-4,7-8,10-11,15-16,20,28H,5-6,9,12-14,17H2,1H3,(H,27,32)/t20-/m0/s1. The maximum atomic E-state index is 12.9. The summed E-state index contributed by atoms with van der Waals surface area (Å²) in [5, 5.41) is 4.17. The van der Waals surface area contributed by atoms with Crippen molar-refractivity contribution in [1.29, 1.82) is 0 Å². The van der Waals surface area contributed by atoms with Gasteiger partial charge in [0, 0.05) is 53.8 Å². The van der Waals surface area contributed by atoms with Gasteiger partial charge in [-0.05, 0) is 43.5 Å². The molecule has 33 heavy (non-hydrogen) atoms. The van der Waals surface area contributed by atoms with Crippen molar-refractivity contribution in [1.82, 2.24) is 9.88 Å². The summed E-state index contributed by atoms with van der Waals surface area (Å²) in [5.41, 5.74) is 3.79. The van der Waals surface area contributed by atoms with E-state index in [2.05, 4.69) is 27.2 Å². The predicted octanol–water partition coefficient (Wildman–Crippen LogP) is 4.36. The fourth-order valence-corrected chi connectivity index (χ4v) is 4.30. The molecule has 1 aliphatic rings. The average molecular weight is 448 g/mol.